The Balaban J connectivity index is 1.07. The van der Waals surface area contributed by atoms with Crippen molar-refractivity contribution in [3.63, 3.8) is 0 Å². The molecule has 3 heterocycles. The number of thiophene rings is 1. The van der Waals surface area contributed by atoms with Gasteiger partial charge in [-0.1, -0.05) is 152 Å². The fraction of sp³-hybridized carbons (Fsp3) is 0.0784. The standard InChI is InChI=1S/C51H35N3OS/c1-4-14-32(15-5-1)33-28-30-36(31-29-33)50-52-49(35-18-8-3-9-19-35)53-51(54-50)43-26-12-24-41-40-23-11-22-39(46(40)55-47(41)43)38-21-13-27-44-45(38)42-25-10-20-37(48(42)56-44)34-16-6-2-7-17-34/h1,3-6,8-9,11-24,26-31H,2,7,10,25H2. The van der Waals surface area contributed by atoms with Crippen molar-refractivity contribution in [1.82, 2.24) is 15.0 Å². The minimum absolute atomic E-state index is 0.576. The molecule has 4 nitrogen and oxygen atoms in total. The van der Waals surface area contributed by atoms with Crippen LogP contribution < -0.4 is 0 Å². The van der Waals surface area contributed by atoms with Crippen LogP contribution >= 0.6 is 11.3 Å². The molecule has 0 saturated heterocycles. The molecule has 56 heavy (non-hydrogen) atoms. The third-order valence-electron chi connectivity index (χ3n) is 11.1. The molecule has 3 aromatic heterocycles. The van der Waals surface area contributed by atoms with E-state index in [0.29, 0.717) is 17.5 Å². The van der Waals surface area contributed by atoms with Gasteiger partial charge < -0.3 is 4.42 Å². The van der Waals surface area contributed by atoms with Gasteiger partial charge in [0.05, 0.1) is 5.56 Å². The first kappa shape index (κ1) is 32.7. The lowest BCUT2D eigenvalue weighted by Crippen LogP contribution is -2.00. The van der Waals surface area contributed by atoms with Gasteiger partial charge in [-0.15, -0.1) is 11.3 Å². The second kappa shape index (κ2) is 13.6. The first-order valence-electron chi connectivity index (χ1n) is 19.3. The third-order valence-corrected chi connectivity index (χ3v) is 12.3. The molecule has 266 valence electrons. The molecule has 0 unspecified atom stereocenters. The summed E-state index contributed by atoms with van der Waals surface area (Å²) in [6.45, 7) is 0. The summed E-state index contributed by atoms with van der Waals surface area (Å²) < 4.78 is 8.36. The fourth-order valence-electron chi connectivity index (χ4n) is 8.40. The minimum Gasteiger partial charge on any atom is -0.455 e. The van der Waals surface area contributed by atoms with Gasteiger partial charge in [-0.25, -0.2) is 15.0 Å². The molecule has 0 radical (unpaired) electrons. The highest BCUT2D eigenvalue weighted by molar-refractivity contribution is 7.20. The number of hydrogen-bond donors (Lipinski definition) is 0. The summed E-state index contributed by atoms with van der Waals surface area (Å²) in [5, 5.41) is 3.46. The van der Waals surface area contributed by atoms with E-state index in [9.17, 15) is 0 Å². The van der Waals surface area contributed by atoms with Gasteiger partial charge in [-0.2, -0.15) is 0 Å². The van der Waals surface area contributed by atoms with Crippen molar-refractivity contribution in [2.75, 3.05) is 0 Å². The van der Waals surface area contributed by atoms with E-state index in [1.807, 2.05) is 47.7 Å². The molecule has 0 fully saturated rings. The van der Waals surface area contributed by atoms with Gasteiger partial charge in [0.15, 0.2) is 17.5 Å². The lowest BCUT2D eigenvalue weighted by molar-refractivity contribution is 0.670. The van der Waals surface area contributed by atoms with Crippen LogP contribution in [-0.2, 0) is 6.42 Å². The topological polar surface area (TPSA) is 51.8 Å². The highest BCUT2D eigenvalue weighted by atomic mass is 32.1. The molecule has 0 N–H and O–H groups in total. The normalized spacial score (nSPS) is 13.9. The van der Waals surface area contributed by atoms with E-state index in [0.717, 1.165) is 75.4 Å². The molecular formula is C51H35N3OS. The summed E-state index contributed by atoms with van der Waals surface area (Å²) in [7, 11) is 0. The highest BCUT2D eigenvalue weighted by Gasteiger charge is 2.25. The van der Waals surface area contributed by atoms with Gasteiger partial charge in [0, 0.05) is 42.4 Å². The van der Waals surface area contributed by atoms with Crippen LogP contribution in [0, 0.1) is 0 Å². The van der Waals surface area contributed by atoms with Crippen molar-refractivity contribution in [2.24, 2.45) is 0 Å². The minimum atomic E-state index is 0.576. The van der Waals surface area contributed by atoms with Crippen LogP contribution in [0.2, 0.25) is 0 Å². The van der Waals surface area contributed by atoms with E-state index in [-0.39, 0.29) is 0 Å². The number of para-hydroxylation sites is 2. The van der Waals surface area contributed by atoms with Crippen molar-refractivity contribution < 1.29 is 4.42 Å². The zero-order valence-electron chi connectivity index (χ0n) is 30.6. The molecule has 0 spiro atoms. The van der Waals surface area contributed by atoms with Crippen LogP contribution in [0.5, 0.6) is 0 Å². The van der Waals surface area contributed by atoms with E-state index in [2.05, 4.69) is 127 Å². The molecule has 6 aromatic carbocycles. The first-order chi connectivity index (χ1) is 27.8. The van der Waals surface area contributed by atoms with E-state index in [1.165, 1.54) is 42.8 Å². The van der Waals surface area contributed by atoms with Crippen molar-refractivity contribution in [3.8, 4) is 56.4 Å². The SMILES string of the molecule is C1=CC(C2=CCCc3c2sc2cccc(-c4cccc5c4oc4c(-c6nc(-c7ccccc7)nc(-c7ccc(-c8ccccc8)cc7)n6)cccc45)c32)=CCC1. The predicted octanol–water partition coefficient (Wildman–Crippen LogP) is 13.9. The average Bonchev–Trinajstić information content (AvgIpc) is 3.86. The van der Waals surface area contributed by atoms with Crippen molar-refractivity contribution >= 4 is 48.9 Å². The third kappa shape index (κ3) is 5.54. The van der Waals surface area contributed by atoms with Crippen LogP contribution in [0.1, 0.15) is 29.7 Å². The number of fused-ring (bicyclic) bond motifs is 6. The molecule has 0 aliphatic heterocycles. The zero-order valence-corrected chi connectivity index (χ0v) is 31.4. The maximum absolute atomic E-state index is 7.04. The second-order valence-corrected chi connectivity index (χ2v) is 15.5. The molecule has 11 rings (SSSR count). The smallest absolute Gasteiger partial charge is 0.167 e. The van der Waals surface area contributed by atoms with Gasteiger partial charge in [0.1, 0.15) is 11.2 Å². The maximum atomic E-state index is 7.04. The first-order valence-corrected chi connectivity index (χ1v) is 20.1. The Kier molecular flexibility index (Phi) is 7.92. The van der Waals surface area contributed by atoms with Crippen LogP contribution in [0.25, 0.3) is 94.0 Å². The van der Waals surface area contributed by atoms with Gasteiger partial charge in [0.25, 0.3) is 0 Å². The van der Waals surface area contributed by atoms with Gasteiger partial charge >= 0.3 is 0 Å². The molecule has 0 bridgehead atoms. The largest absolute Gasteiger partial charge is 0.455 e. The number of furan rings is 1. The van der Waals surface area contributed by atoms with Crippen molar-refractivity contribution in [3.05, 3.63) is 180 Å². The Morgan fingerprint density at radius 3 is 1.82 bits per heavy atom. The van der Waals surface area contributed by atoms with E-state index in [1.54, 1.807) is 0 Å². The monoisotopic (exact) mass is 737 g/mol. The Hall–Kier alpha value is -6.69. The van der Waals surface area contributed by atoms with Crippen molar-refractivity contribution in [1.29, 1.82) is 0 Å². The molecule has 5 heteroatoms. The Morgan fingerprint density at radius 1 is 0.482 bits per heavy atom. The molecular weight excluding hydrogens is 703 g/mol. The lowest BCUT2D eigenvalue weighted by Gasteiger charge is -2.17. The molecule has 0 amide bonds. The maximum Gasteiger partial charge on any atom is 0.167 e. The number of aromatic nitrogens is 3. The van der Waals surface area contributed by atoms with E-state index in [4.69, 9.17) is 19.4 Å². The van der Waals surface area contributed by atoms with E-state index < -0.39 is 0 Å². The molecule has 2 aliphatic carbocycles. The lowest BCUT2D eigenvalue weighted by atomic mass is 9.87. The quantitative estimate of drug-likeness (QED) is 0.170. The summed E-state index contributed by atoms with van der Waals surface area (Å²) in [6, 6.07) is 48.5. The number of hydrogen-bond acceptors (Lipinski definition) is 5. The number of aryl methyl sites for hydroxylation is 1. The number of benzene rings is 6. The Labute approximate surface area is 328 Å². The van der Waals surface area contributed by atoms with Crippen LogP contribution in [0.4, 0.5) is 0 Å². The summed E-state index contributed by atoms with van der Waals surface area (Å²) >= 11 is 1.92. The molecule has 0 atom stereocenters. The summed E-state index contributed by atoms with van der Waals surface area (Å²) in [4.78, 5) is 16.6. The van der Waals surface area contributed by atoms with Crippen molar-refractivity contribution in [2.45, 2.75) is 25.7 Å². The summed E-state index contributed by atoms with van der Waals surface area (Å²) in [5.74, 6) is 1.81. The molecule has 9 aromatic rings. The number of allylic oxidation sites excluding steroid dienone is 6. The number of rotatable bonds is 6. The van der Waals surface area contributed by atoms with Crippen LogP contribution in [-0.4, -0.2) is 15.0 Å². The van der Waals surface area contributed by atoms with Gasteiger partial charge in [-0.05, 0) is 71.2 Å². The Bertz CT molecular complexity index is 3060. The van der Waals surface area contributed by atoms with Crippen LogP contribution in [0.3, 0.4) is 0 Å². The van der Waals surface area contributed by atoms with Crippen LogP contribution in [0.15, 0.2) is 174 Å². The molecule has 2 aliphatic rings. The Morgan fingerprint density at radius 2 is 1.09 bits per heavy atom. The highest BCUT2D eigenvalue weighted by Crippen LogP contribution is 2.48. The van der Waals surface area contributed by atoms with Gasteiger partial charge in [-0.3, -0.25) is 0 Å². The second-order valence-electron chi connectivity index (χ2n) is 14.5. The van der Waals surface area contributed by atoms with E-state index >= 15 is 0 Å². The zero-order chi connectivity index (χ0) is 37.0. The number of nitrogens with zero attached hydrogens (tertiary/aromatic N) is 3. The van der Waals surface area contributed by atoms with Gasteiger partial charge in [0.2, 0.25) is 0 Å². The average molecular weight is 738 g/mol. The summed E-state index contributed by atoms with van der Waals surface area (Å²) in [6.07, 6.45) is 13.8. The molecule has 0 saturated carbocycles. The summed E-state index contributed by atoms with van der Waals surface area (Å²) in [5.41, 5.74) is 13.2. The fourth-order valence-corrected chi connectivity index (χ4v) is 9.74. The predicted molar refractivity (Wildman–Crippen MR) is 232 cm³/mol.